The maximum atomic E-state index is 14.1. The van der Waals surface area contributed by atoms with Gasteiger partial charge in [0.15, 0.2) is 17.8 Å². The zero-order chi connectivity index (χ0) is 52.4. The number of phenols is 1. The third kappa shape index (κ3) is 13.0. The van der Waals surface area contributed by atoms with Crippen molar-refractivity contribution < 1.29 is 44.5 Å². The van der Waals surface area contributed by atoms with Gasteiger partial charge in [-0.05, 0) is 156 Å². The van der Waals surface area contributed by atoms with Crippen LogP contribution in [0.1, 0.15) is 121 Å². The number of hydrogen-bond donors (Lipinski definition) is 6. The molecule has 6 N–H and O–H groups in total. The fourth-order valence-electron chi connectivity index (χ4n) is 11.2. The van der Waals surface area contributed by atoms with Crippen molar-refractivity contribution >= 4 is 28.3 Å². The molecule has 0 fully saturated rings. The molecule has 0 amide bonds. The molecule has 7 unspecified atom stereocenters. The summed E-state index contributed by atoms with van der Waals surface area (Å²) < 4.78 is 18.8. The van der Waals surface area contributed by atoms with E-state index in [1.807, 2.05) is 97.9 Å². The number of carbonyl (C=O) groups excluding carboxylic acids is 1. The van der Waals surface area contributed by atoms with Gasteiger partial charge in [-0.15, -0.1) is 0 Å². The van der Waals surface area contributed by atoms with Gasteiger partial charge in [0.1, 0.15) is 36.1 Å². The van der Waals surface area contributed by atoms with Crippen molar-refractivity contribution in [3.63, 3.8) is 0 Å². The summed E-state index contributed by atoms with van der Waals surface area (Å²) in [5.74, 6) is 3.84. The molecule has 388 valence electrons. The van der Waals surface area contributed by atoms with E-state index in [0.717, 1.165) is 64.6 Å². The first-order chi connectivity index (χ1) is 36.4. The Labute approximate surface area is 441 Å². The van der Waals surface area contributed by atoms with Gasteiger partial charge in [0.05, 0.1) is 25.2 Å². The van der Waals surface area contributed by atoms with Gasteiger partial charge in [-0.3, -0.25) is 4.79 Å². The largest absolute Gasteiger partial charge is 0.508 e. The van der Waals surface area contributed by atoms with E-state index in [0.29, 0.717) is 53.7 Å². The number of aromatic hydroxyl groups is 1. The molecule has 2 aliphatic heterocycles. The highest BCUT2D eigenvalue weighted by molar-refractivity contribution is 6.01. The number of aliphatic hydroxyl groups excluding tert-OH is 3. The minimum Gasteiger partial charge on any atom is -0.508 e. The number of benzene rings is 6. The predicted octanol–water partition coefficient (Wildman–Crippen LogP) is 12.3. The van der Waals surface area contributed by atoms with Crippen LogP contribution in [0, 0.1) is 23.9 Å². The Hall–Kier alpha value is -7.29. The molecule has 7 atom stereocenters. The Morgan fingerprint density at radius 2 is 1.60 bits per heavy atom. The van der Waals surface area contributed by atoms with Crippen LogP contribution in [-0.4, -0.2) is 56.7 Å². The SMILES string of the molecule is COc1ccc2cc1OCc1c(C(O)O)cc3c(c(O)cc4c3c1C=CC4C)C(Cc1ccccc1)C#COC(CC1C=C(O)C=CC1CCCCc1cccc(NC(Cc3ccccc3)C(C)O)c1)CC(=O)CC2. The lowest BCUT2D eigenvalue weighted by molar-refractivity contribution is -0.121. The highest BCUT2D eigenvalue weighted by Gasteiger charge is 2.30. The predicted molar refractivity (Wildman–Crippen MR) is 296 cm³/mol. The lowest BCUT2D eigenvalue weighted by Crippen LogP contribution is -2.33. The average molecular weight is 1010 g/mol. The van der Waals surface area contributed by atoms with Gasteiger partial charge < -0.3 is 45.1 Å². The zero-order valence-electron chi connectivity index (χ0n) is 43.1. The second-order valence-corrected chi connectivity index (χ2v) is 20.6. The van der Waals surface area contributed by atoms with Crippen molar-refractivity contribution in [2.24, 2.45) is 11.8 Å². The maximum absolute atomic E-state index is 14.1. The summed E-state index contributed by atoms with van der Waals surface area (Å²) in [7, 11) is 1.57. The van der Waals surface area contributed by atoms with Crippen LogP contribution in [0.15, 0.2) is 145 Å². The van der Waals surface area contributed by atoms with E-state index in [-0.39, 0.29) is 66.1 Å². The summed E-state index contributed by atoms with van der Waals surface area (Å²) >= 11 is 0. The number of aryl methyl sites for hydroxylation is 2. The monoisotopic (exact) mass is 1010 g/mol. The Morgan fingerprint density at radius 3 is 2.36 bits per heavy atom. The minimum absolute atomic E-state index is 0.00417. The molecule has 0 aromatic heterocycles. The Morgan fingerprint density at radius 1 is 0.827 bits per heavy atom. The molecule has 0 saturated heterocycles. The van der Waals surface area contributed by atoms with Gasteiger partial charge in [0, 0.05) is 41.1 Å². The summed E-state index contributed by atoms with van der Waals surface area (Å²) in [4.78, 5) is 14.1. The molecule has 0 saturated carbocycles. The van der Waals surface area contributed by atoms with Crippen LogP contribution in [0.3, 0.4) is 0 Å². The third-order valence-corrected chi connectivity index (χ3v) is 15.2. The van der Waals surface area contributed by atoms with E-state index in [1.54, 1.807) is 25.3 Å². The van der Waals surface area contributed by atoms with E-state index in [2.05, 4.69) is 60.7 Å². The van der Waals surface area contributed by atoms with Gasteiger partial charge in [0.2, 0.25) is 0 Å². The molecule has 0 radical (unpaired) electrons. The highest BCUT2D eigenvalue weighted by atomic mass is 16.5. The number of Topliss-reactive ketones (excluding diaryl/α,β-unsaturated/α-hetero) is 1. The van der Waals surface area contributed by atoms with Crippen molar-refractivity contribution in [2.75, 3.05) is 12.4 Å². The van der Waals surface area contributed by atoms with E-state index in [1.165, 1.54) is 5.56 Å². The van der Waals surface area contributed by atoms with Crippen LogP contribution in [0.4, 0.5) is 5.69 Å². The lowest BCUT2D eigenvalue weighted by Gasteiger charge is -2.28. The normalized spacial score (nSPS) is 20.2. The number of nitrogens with one attached hydrogen (secondary N) is 1. The van der Waals surface area contributed by atoms with Crippen LogP contribution in [0.2, 0.25) is 0 Å². The number of methoxy groups -OCH3 is 1. The number of rotatable bonds is 16. The van der Waals surface area contributed by atoms with Crippen LogP contribution in [0.5, 0.6) is 17.2 Å². The van der Waals surface area contributed by atoms with Crippen molar-refractivity contribution in [3.05, 3.63) is 195 Å². The molecule has 6 bridgehead atoms. The number of ether oxygens (including phenoxy) is 3. The number of allylic oxidation sites excluding steroid dienone is 4. The standard InChI is InChI=1S/C65H69NO9/c1-41-21-27-54-58-40-75-62-34-46(23-28-61(62)73-3)22-25-52(69)37-53(74-30-29-48(31-43-13-6-4-7-14-43)63-57(38-56(58)65(71)72)64(54)55(41)39-60(63)70)36-49-35-51(68)26-24-47(49)19-11-10-17-44-18-12-20-50(32-44)66-59(42(2)67)33-45-15-8-5-9-16-45/h4-9,12-16,18,20-21,23-24,26-28,32,34-35,38-39,41-42,47-49,53,59,65-68,70-72H,10-11,17,19,22,25,31,33,36-37,40H2,1-3H3. The van der Waals surface area contributed by atoms with E-state index in [4.69, 9.17) is 14.2 Å². The lowest BCUT2D eigenvalue weighted by atomic mass is 9.78. The highest BCUT2D eigenvalue weighted by Crippen LogP contribution is 2.47. The first-order valence-corrected chi connectivity index (χ1v) is 26.5. The van der Waals surface area contributed by atoms with Crippen LogP contribution in [-0.2, 0) is 41.8 Å². The topological polar surface area (TPSA) is 158 Å². The molecule has 2 heterocycles. The van der Waals surface area contributed by atoms with Gasteiger partial charge in [-0.1, -0.05) is 116 Å². The van der Waals surface area contributed by atoms with Crippen molar-refractivity contribution in [1.82, 2.24) is 0 Å². The molecule has 6 aromatic rings. The summed E-state index contributed by atoms with van der Waals surface area (Å²) in [5, 5.41) is 60.8. The number of phenolic OH excluding ortho intramolecular Hbond substituents is 1. The van der Waals surface area contributed by atoms with Gasteiger partial charge in [-0.25, -0.2) is 0 Å². The summed E-state index contributed by atoms with van der Waals surface area (Å²) in [6.07, 6.45) is 15.7. The van der Waals surface area contributed by atoms with Gasteiger partial charge in [0.25, 0.3) is 0 Å². The van der Waals surface area contributed by atoms with Gasteiger partial charge in [-0.2, -0.15) is 0 Å². The molecule has 4 aliphatic rings. The third-order valence-electron chi connectivity index (χ3n) is 15.2. The fourth-order valence-corrected chi connectivity index (χ4v) is 11.2. The second kappa shape index (κ2) is 24.4. The Bertz CT molecular complexity index is 3110. The molecule has 75 heavy (non-hydrogen) atoms. The molecular formula is C65H69NO9. The van der Waals surface area contributed by atoms with E-state index in [9.17, 15) is 30.3 Å². The molecule has 10 rings (SSSR count). The summed E-state index contributed by atoms with van der Waals surface area (Å²) in [6, 6.07) is 37.5. The van der Waals surface area contributed by atoms with E-state index >= 15 is 0 Å². The smallest absolute Gasteiger partial charge is 0.178 e. The zero-order valence-corrected chi connectivity index (χ0v) is 43.1. The fraction of sp³-hybridized carbons (Fsp3) is 0.338. The maximum Gasteiger partial charge on any atom is 0.178 e. The molecule has 10 nitrogen and oxygen atoms in total. The van der Waals surface area contributed by atoms with Crippen molar-refractivity contribution in [2.45, 2.75) is 121 Å². The second-order valence-electron chi connectivity index (χ2n) is 20.6. The molecule has 6 aromatic carbocycles. The number of anilines is 1. The molecule has 10 heteroatoms. The van der Waals surface area contributed by atoms with Gasteiger partial charge >= 0.3 is 0 Å². The number of fused-ring (bicyclic) bond motifs is 9. The number of hydrogen-bond acceptors (Lipinski definition) is 10. The first kappa shape index (κ1) is 52.6. The number of ketones is 1. The molecule has 2 aliphatic carbocycles. The van der Waals surface area contributed by atoms with Crippen LogP contribution < -0.4 is 14.8 Å². The summed E-state index contributed by atoms with van der Waals surface area (Å²) in [5.41, 5.74) is 8.23. The average Bonchev–Trinajstić information content (AvgIpc) is 3.40. The van der Waals surface area contributed by atoms with E-state index < -0.39 is 24.4 Å². The number of aliphatic hydroxyl groups is 4. The minimum atomic E-state index is -1.86. The Balaban J connectivity index is 0.999. The molecular weight excluding hydrogens is 939 g/mol. The number of carbonyl (C=O) groups is 1. The first-order valence-electron chi connectivity index (χ1n) is 26.5. The number of unbranched alkanes of at least 4 members (excludes halogenated alkanes) is 1. The summed E-state index contributed by atoms with van der Waals surface area (Å²) in [6.45, 7) is 3.88. The van der Waals surface area contributed by atoms with Crippen LogP contribution >= 0.6 is 0 Å². The molecule has 0 spiro atoms. The van der Waals surface area contributed by atoms with Crippen molar-refractivity contribution in [3.8, 4) is 29.3 Å². The quantitative estimate of drug-likeness (QED) is 0.0313. The Kier molecular flexibility index (Phi) is 17.1. The van der Waals surface area contributed by atoms with Crippen LogP contribution in [0.25, 0.3) is 16.8 Å². The van der Waals surface area contributed by atoms with Crippen molar-refractivity contribution in [1.29, 1.82) is 0 Å².